The normalized spacial score (nSPS) is 14.4. The summed E-state index contributed by atoms with van der Waals surface area (Å²) in [6.45, 7) is 29.9. The van der Waals surface area contributed by atoms with Crippen LogP contribution in [0.1, 0.15) is 73.1 Å². The lowest BCUT2D eigenvalue weighted by atomic mass is 10.2. The molecule has 0 bridgehead atoms. The molecule has 0 fully saturated rings. The molecule has 0 aromatic heterocycles. The van der Waals surface area contributed by atoms with Crippen LogP contribution in [0.3, 0.4) is 0 Å². The van der Waals surface area contributed by atoms with Crippen LogP contribution in [0.2, 0.25) is 51.4 Å². The number of hydrogen-bond donors (Lipinski definition) is 0. The van der Waals surface area contributed by atoms with Crippen molar-refractivity contribution in [3.05, 3.63) is 0 Å². The van der Waals surface area contributed by atoms with Crippen LogP contribution in [0.15, 0.2) is 0 Å². The van der Waals surface area contributed by atoms with E-state index in [0.29, 0.717) is 0 Å². The Balaban J connectivity index is 4.98. The van der Waals surface area contributed by atoms with Gasteiger partial charge >= 0.3 is 0 Å². The van der Waals surface area contributed by atoms with Gasteiger partial charge in [0.05, 0.1) is 31.9 Å². The van der Waals surface area contributed by atoms with Gasteiger partial charge in [0, 0.05) is 0 Å². The third kappa shape index (κ3) is 11.4. The molecule has 0 aliphatic rings. The van der Waals surface area contributed by atoms with Gasteiger partial charge in [0.2, 0.25) is 8.32 Å². The summed E-state index contributed by atoms with van der Waals surface area (Å²) in [5.41, 5.74) is 0. The molecule has 0 aromatic carbocycles. The van der Waals surface area contributed by atoms with Crippen molar-refractivity contribution in [2.24, 2.45) is 0 Å². The van der Waals surface area contributed by atoms with Crippen LogP contribution in [0.4, 0.5) is 0 Å². The Bertz CT molecular complexity index is 471. The molecule has 0 aliphatic heterocycles. The summed E-state index contributed by atoms with van der Waals surface area (Å²) in [5, 5.41) is -0.130. The molecule has 0 heterocycles. The van der Waals surface area contributed by atoms with Crippen molar-refractivity contribution in [1.82, 2.24) is 0 Å². The van der Waals surface area contributed by atoms with Crippen LogP contribution in [0.5, 0.6) is 0 Å². The number of rotatable bonds is 17. The third-order valence-corrected chi connectivity index (χ3v) is 18.7. The first kappa shape index (κ1) is 30.5. The van der Waals surface area contributed by atoms with Crippen molar-refractivity contribution in [1.29, 1.82) is 0 Å². The standard InChI is InChI=1S/C24H58NO2Si3/c1-13-16-19-25(6,20-17-14-2)21-18-23-29(9,10)27-30(11,12)24(4,5)26-28(7,8)22-15-3/h13-23H2,1-12H3/q+1. The average Bonchev–Trinajstić information content (AvgIpc) is 2.56. The van der Waals surface area contributed by atoms with Crippen LogP contribution < -0.4 is 0 Å². The second-order valence-corrected chi connectivity index (χ2v) is 25.4. The van der Waals surface area contributed by atoms with E-state index >= 15 is 0 Å². The largest absolute Gasteiger partial charge is 0.454 e. The molecule has 30 heavy (non-hydrogen) atoms. The molecule has 182 valence electrons. The van der Waals surface area contributed by atoms with Gasteiger partial charge in [-0.05, 0) is 84.5 Å². The quantitative estimate of drug-likeness (QED) is 0.157. The topological polar surface area (TPSA) is 18.5 Å². The lowest BCUT2D eigenvalue weighted by molar-refractivity contribution is -0.910. The highest BCUT2D eigenvalue weighted by molar-refractivity contribution is 6.86. The molecule has 0 atom stereocenters. The number of hydrogen-bond acceptors (Lipinski definition) is 2. The Hall–Kier alpha value is 0.531. The fourth-order valence-corrected chi connectivity index (χ4v) is 17.1. The summed E-state index contributed by atoms with van der Waals surface area (Å²) in [6, 6.07) is 2.50. The van der Waals surface area contributed by atoms with Gasteiger partial charge in [0.15, 0.2) is 16.6 Å². The summed E-state index contributed by atoms with van der Waals surface area (Å²) in [5.74, 6) is 0. The molecule has 0 aliphatic carbocycles. The fraction of sp³-hybridized carbons (Fsp3) is 1.00. The van der Waals surface area contributed by atoms with Crippen molar-refractivity contribution in [2.45, 2.75) is 130 Å². The monoisotopic (exact) mass is 476 g/mol. The Labute approximate surface area is 194 Å². The first-order valence-corrected chi connectivity index (χ1v) is 21.9. The van der Waals surface area contributed by atoms with E-state index in [-0.39, 0.29) is 5.22 Å². The van der Waals surface area contributed by atoms with Crippen LogP contribution in [-0.4, -0.2) is 61.3 Å². The van der Waals surface area contributed by atoms with Gasteiger partial charge in [-0.25, -0.2) is 0 Å². The van der Waals surface area contributed by atoms with E-state index in [9.17, 15) is 0 Å². The van der Waals surface area contributed by atoms with Crippen LogP contribution in [0, 0.1) is 0 Å². The van der Waals surface area contributed by atoms with Crippen molar-refractivity contribution in [2.75, 3.05) is 26.7 Å². The predicted molar refractivity (Wildman–Crippen MR) is 144 cm³/mol. The molecular weight excluding hydrogens is 419 g/mol. The zero-order chi connectivity index (χ0) is 23.7. The summed E-state index contributed by atoms with van der Waals surface area (Å²) in [4.78, 5) is 0. The molecular formula is C24H58NO2Si3+. The highest BCUT2D eigenvalue weighted by atomic mass is 28.4. The summed E-state index contributed by atoms with van der Waals surface area (Å²) < 4.78 is 15.1. The van der Waals surface area contributed by atoms with Gasteiger partial charge in [-0.1, -0.05) is 40.0 Å². The minimum absolute atomic E-state index is 0.130. The molecule has 0 unspecified atom stereocenters. The highest BCUT2D eigenvalue weighted by Gasteiger charge is 2.48. The van der Waals surface area contributed by atoms with E-state index in [1.165, 1.54) is 74.7 Å². The summed E-state index contributed by atoms with van der Waals surface area (Å²) in [7, 11) is -2.84. The van der Waals surface area contributed by atoms with E-state index < -0.39 is 25.0 Å². The number of unbranched alkanes of at least 4 members (excludes halogenated alkanes) is 2. The van der Waals surface area contributed by atoms with Crippen LogP contribution >= 0.6 is 0 Å². The highest BCUT2D eigenvalue weighted by Crippen LogP contribution is 2.34. The molecule has 6 heteroatoms. The van der Waals surface area contributed by atoms with E-state index in [1.54, 1.807) is 0 Å². The third-order valence-electron chi connectivity index (χ3n) is 6.94. The van der Waals surface area contributed by atoms with E-state index in [2.05, 4.69) is 80.9 Å². The maximum atomic E-state index is 7.06. The van der Waals surface area contributed by atoms with Gasteiger partial charge in [-0.2, -0.15) is 0 Å². The first-order chi connectivity index (χ1) is 13.6. The van der Waals surface area contributed by atoms with Gasteiger partial charge in [0.1, 0.15) is 0 Å². The minimum atomic E-state index is -1.97. The minimum Gasteiger partial charge on any atom is -0.454 e. The molecule has 3 nitrogen and oxygen atoms in total. The number of nitrogens with zero attached hydrogens (tertiary/aromatic N) is 1. The van der Waals surface area contributed by atoms with Gasteiger partial charge in [-0.3, -0.25) is 0 Å². The Kier molecular flexibility index (Phi) is 12.9. The molecule has 0 saturated heterocycles. The van der Waals surface area contributed by atoms with Gasteiger partial charge < -0.3 is 13.0 Å². The number of quaternary nitrogens is 1. The molecule has 0 spiro atoms. The van der Waals surface area contributed by atoms with Crippen molar-refractivity contribution in [3.8, 4) is 0 Å². The summed E-state index contributed by atoms with van der Waals surface area (Å²) >= 11 is 0. The zero-order valence-electron chi connectivity index (χ0n) is 23.0. The molecule has 0 amide bonds. The summed E-state index contributed by atoms with van der Waals surface area (Å²) in [6.07, 6.45) is 7.81. The fourth-order valence-electron chi connectivity index (χ4n) is 4.63. The zero-order valence-corrected chi connectivity index (χ0v) is 26.0. The van der Waals surface area contributed by atoms with Crippen molar-refractivity contribution < 1.29 is 13.0 Å². The van der Waals surface area contributed by atoms with E-state index in [0.717, 1.165) is 0 Å². The Morgan fingerprint density at radius 3 is 1.57 bits per heavy atom. The SMILES string of the molecule is CCCC[N+](C)(CCCC)CCC[Si](C)(C)O[Si](C)(C)C(C)(C)O[Si](C)(C)CCC. The molecule has 0 radical (unpaired) electrons. The maximum Gasteiger partial charge on any atom is 0.203 e. The Morgan fingerprint density at radius 1 is 0.667 bits per heavy atom. The van der Waals surface area contributed by atoms with E-state index in [4.69, 9.17) is 8.54 Å². The lowest BCUT2D eigenvalue weighted by Crippen LogP contribution is -2.62. The molecule has 0 saturated carbocycles. The van der Waals surface area contributed by atoms with Crippen molar-refractivity contribution in [3.63, 3.8) is 0 Å². The van der Waals surface area contributed by atoms with Crippen LogP contribution in [0.25, 0.3) is 0 Å². The second kappa shape index (κ2) is 12.7. The average molecular weight is 477 g/mol. The predicted octanol–water partition coefficient (Wildman–Crippen LogP) is 7.80. The lowest BCUT2D eigenvalue weighted by Gasteiger charge is -2.47. The first-order valence-electron chi connectivity index (χ1n) is 12.8. The van der Waals surface area contributed by atoms with E-state index in [1.807, 2.05) is 0 Å². The van der Waals surface area contributed by atoms with Crippen molar-refractivity contribution >= 4 is 25.0 Å². The van der Waals surface area contributed by atoms with Gasteiger partial charge in [0.25, 0.3) is 0 Å². The second-order valence-electron chi connectivity index (χ2n) is 12.1. The molecule has 0 rings (SSSR count). The van der Waals surface area contributed by atoms with Gasteiger partial charge in [-0.15, -0.1) is 0 Å². The smallest absolute Gasteiger partial charge is 0.203 e. The maximum absolute atomic E-state index is 7.06. The molecule has 0 N–H and O–H groups in total. The van der Waals surface area contributed by atoms with Crippen LogP contribution in [-0.2, 0) is 8.54 Å². The molecule has 0 aromatic rings. The Morgan fingerprint density at radius 2 is 1.13 bits per heavy atom.